The average Bonchev–Trinajstić information content (AvgIpc) is 2.64. The molecule has 1 unspecified atom stereocenters. The lowest BCUT2D eigenvalue weighted by molar-refractivity contribution is 0.230. The van der Waals surface area contributed by atoms with E-state index in [1.807, 2.05) is 6.07 Å². The van der Waals surface area contributed by atoms with E-state index in [9.17, 15) is 0 Å². The maximum atomic E-state index is 8.79. The monoisotopic (exact) mass is 258 g/mol. The van der Waals surface area contributed by atoms with Crippen LogP contribution in [0.3, 0.4) is 0 Å². The summed E-state index contributed by atoms with van der Waals surface area (Å²) < 4.78 is 0.845. The fraction of sp³-hybridized carbons (Fsp3) is 0.545. The van der Waals surface area contributed by atoms with E-state index in [4.69, 9.17) is 16.8 Å². The van der Waals surface area contributed by atoms with Gasteiger partial charge in [-0.05, 0) is 12.1 Å². The zero-order valence-corrected chi connectivity index (χ0v) is 10.8. The first-order valence-corrected chi connectivity index (χ1v) is 6.56. The summed E-state index contributed by atoms with van der Waals surface area (Å²) in [5.41, 5.74) is 0.917. The standard InChI is InChI=1S/C11H15ClN2OS/c1-8-6-14(5-4-10(8)13-15)7-9-2-3-11(12)16-9/h2-3,8,15H,4-7H2,1H3/b13-10+. The van der Waals surface area contributed by atoms with Crippen LogP contribution in [0, 0.1) is 5.92 Å². The van der Waals surface area contributed by atoms with Crippen LogP contribution < -0.4 is 0 Å². The lowest BCUT2D eigenvalue weighted by Crippen LogP contribution is -2.39. The third-order valence-corrected chi connectivity index (χ3v) is 4.14. The number of likely N-dealkylation sites (tertiary alicyclic amines) is 1. The summed E-state index contributed by atoms with van der Waals surface area (Å²) in [6.07, 6.45) is 0.858. The molecule has 16 heavy (non-hydrogen) atoms. The Morgan fingerprint density at radius 3 is 3.00 bits per heavy atom. The highest BCUT2D eigenvalue weighted by Crippen LogP contribution is 2.24. The molecule has 1 aliphatic rings. The molecule has 0 saturated carbocycles. The molecule has 1 aromatic heterocycles. The second-order valence-corrected chi connectivity index (χ2v) is 5.98. The molecule has 5 heteroatoms. The van der Waals surface area contributed by atoms with E-state index in [1.54, 1.807) is 11.3 Å². The minimum atomic E-state index is 0.342. The minimum absolute atomic E-state index is 0.342. The van der Waals surface area contributed by atoms with Crippen molar-refractivity contribution in [1.82, 2.24) is 4.90 Å². The zero-order chi connectivity index (χ0) is 11.5. The Kier molecular flexibility index (Phi) is 3.84. The van der Waals surface area contributed by atoms with Crippen molar-refractivity contribution in [3.05, 3.63) is 21.3 Å². The summed E-state index contributed by atoms with van der Waals surface area (Å²) in [7, 11) is 0. The molecule has 1 aromatic rings. The molecule has 0 radical (unpaired) electrons. The first kappa shape index (κ1) is 11.9. The molecule has 0 spiro atoms. The Labute approximate surface area is 104 Å². The summed E-state index contributed by atoms with van der Waals surface area (Å²) in [6.45, 7) is 4.96. The van der Waals surface area contributed by atoms with Gasteiger partial charge in [0.25, 0.3) is 0 Å². The Hall–Kier alpha value is -0.580. The number of oxime groups is 1. The smallest absolute Gasteiger partial charge is 0.0931 e. The van der Waals surface area contributed by atoms with E-state index in [1.165, 1.54) is 4.88 Å². The Morgan fingerprint density at radius 1 is 1.62 bits per heavy atom. The van der Waals surface area contributed by atoms with Crippen molar-refractivity contribution in [3.8, 4) is 0 Å². The van der Waals surface area contributed by atoms with Crippen LogP contribution in [0.4, 0.5) is 0 Å². The van der Waals surface area contributed by atoms with E-state index in [0.29, 0.717) is 5.92 Å². The van der Waals surface area contributed by atoms with E-state index in [2.05, 4.69) is 23.0 Å². The molecule has 1 saturated heterocycles. The van der Waals surface area contributed by atoms with Crippen LogP contribution in [-0.4, -0.2) is 28.9 Å². The van der Waals surface area contributed by atoms with Crippen molar-refractivity contribution in [1.29, 1.82) is 0 Å². The van der Waals surface area contributed by atoms with Gasteiger partial charge in [0.05, 0.1) is 10.0 Å². The summed E-state index contributed by atoms with van der Waals surface area (Å²) in [6, 6.07) is 4.02. The molecule has 1 fully saturated rings. The van der Waals surface area contributed by atoms with Gasteiger partial charge in [-0.2, -0.15) is 0 Å². The van der Waals surface area contributed by atoms with Gasteiger partial charge in [-0.25, -0.2) is 0 Å². The van der Waals surface area contributed by atoms with Crippen molar-refractivity contribution in [2.45, 2.75) is 19.9 Å². The Balaban J connectivity index is 1.93. The van der Waals surface area contributed by atoms with E-state index in [0.717, 1.165) is 36.1 Å². The number of halogens is 1. The maximum absolute atomic E-state index is 8.79. The number of hydrogen-bond donors (Lipinski definition) is 1. The van der Waals surface area contributed by atoms with Crippen molar-refractivity contribution < 1.29 is 5.21 Å². The highest BCUT2D eigenvalue weighted by molar-refractivity contribution is 7.16. The number of thiophene rings is 1. The molecule has 0 aromatic carbocycles. The lowest BCUT2D eigenvalue weighted by atomic mass is 9.98. The predicted octanol–water partition coefficient (Wildman–Crippen LogP) is 3.07. The first-order valence-electron chi connectivity index (χ1n) is 5.36. The molecule has 1 atom stereocenters. The molecule has 0 bridgehead atoms. The maximum Gasteiger partial charge on any atom is 0.0931 e. The van der Waals surface area contributed by atoms with Crippen LogP contribution in [0.15, 0.2) is 17.3 Å². The lowest BCUT2D eigenvalue weighted by Gasteiger charge is -2.30. The Morgan fingerprint density at radius 2 is 2.44 bits per heavy atom. The largest absolute Gasteiger partial charge is 0.411 e. The molecule has 1 N–H and O–H groups in total. The van der Waals surface area contributed by atoms with Gasteiger partial charge in [0.1, 0.15) is 0 Å². The van der Waals surface area contributed by atoms with Crippen molar-refractivity contribution >= 4 is 28.6 Å². The van der Waals surface area contributed by atoms with Gasteiger partial charge in [-0.15, -0.1) is 11.3 Å². The van der Waals surface area contributed by atoms with Crippen molar-refractivity contribution in [2.75, 3.05) is 13.1 Å². The molecular formula is C11H15ClN2OS. The van der Waals surface area contributed by atoms with E-state index in [-0.39, 0.29) is 0 Å². The van der Waals surface area contributed by atoms with Gasteiger partial charge in [0, 0.05) is 36.9 Å². The van der Waals surface area contributed by atoms with E-state index < -0.39 is 0 Å². The second-order valence-electron chi connectivity index (χ2n) is 4.18. The third kappa shape index (κ3) is 2.75. The molecular weight excluding hydrogens is 244 g/mol. The van der Waals surface area contributed by atoms with Crippen LogP contribution >= 0.6 is 22.9 Å². The highest BCUT2D eigenvalue weighted by atomic mass is 35.5. The molecule has 88 valence electrons. The van der Waals surface area contributed by atoms with Gasteiger partial charge in [0.2, 0.25) is 0 Å². The minimum Gasteiger partial charge on any atom is -0.411 e. The van der Waals surface area contributed by atoms with Crippen LogP contribution in [0.25, 0.3) is 0 Å². The topological polar surface area (TPSA) is 35.8 Å². The van der Waals surface area contributed by atoms with E-state index >= 15 is 0 Å². The Bertz CT molecular complexity index is 391. The average molecular weight is 259 g/mol. The number of rotatable bonds is 2. The summed E-state index contributed by atoms with van der Waals surface area (Å²) in [5.74, 6) is 0.342. The fourth-order valence-electron chi connectivity index (χ4n) is 2.05. The van der Waals surface area contributed by atoms with Crippen LogP contribution in [0.2, 0.25) is 4.34 Å². The molecule has 2 heterocycles. The van der Waals surface area contributed by atoms with Crippen LogP contribution in [0.1, 0.15) is 18.2 Å². The number of hydrogen-bond acceptors (Lipinski definition) is 4. The molecule has 3 nitrogen and oxygen atoms in total. The summed E-state index contributed by atoms with van der Waals surface area (Å²) >= 11 is 7.53. The second kappa shape index (κ2) is 5.17. The third-order valence-electron chi connectivity index (χ3n) is 2.92. The van der Waals surface area contributed by atoms with Gasteiger partial charge in [-0.1, -0.05) is 23.7 Å². The summed E-state index contributed by atoms with van der Waals surface area (Å²) in [5, 5.41) is 12.1. The highest BCUT2D eigenvalue weighted by Gasteiger charge is 2.22. The van der Waals surface area contributed by atoms with Gasteiger partial charge >= 0.3 is 0 Å². The molecule has 0 amide bonds. The predicted molar refractivity (Wildman–Crippen MR) is 67.6 cm³/mol. The fourth-order valence-corrected chi connectivity index (χ4v) is 3.18. The van der Waals surface area contributed by atoms with Crippen molar-refractivity contribution in [2.24, 2.45) is 11.1 Å². The van der Waals surface area contributed by atoms with Crippen molar-refractivity contribution in [3.63, 3.8) is 0 Å². The number of nitrogens with zero attached hydrogens (tertiary/aromatic N) is 2. The quantitative estimate of drug-likeness (QED) is 0.654. The van der Waals surface area contributed by atoms with Gasteiger partial charge < -0.3 is 5.21 Å². The first-order chi connectivity index (χ1) is 7.69. The summed E-state index contributed by atoms with van der Waals surface area (Å²) in [4.78, 5) is 3.67. The molecule has 1 aliphatic heterocycles. The SMILES string of the molecule is CC1CN(Cc2ccc(Cl)s2)CC/C1=N\O. The molecule has 2 rings (SSSR count). The number of piperidine rings is 1. The zero-order valence-electron chi connectivity index (χ0n) is 9.19. The molecule has 0 aliphatic carbocycles. The normalized spacial score (nSPS) is 25.1. The van der Waals surface area contributed by atoms with Gasteiger partial charge in [-0.3, -0.25) is 4.90 Å². The van der Waals surface area contributed by atoms with Crippen LogP contribution in [0.5, 0.6) is 0 Å². The van der Waals surface area contributed by atoms with Gasteiger partial charge in [0.15, 0.2) is 0 Å². The van der Waals surface area contributed by atoms with Crippen LogP contribution in [-0.2, 0) is 6.54 Å².